The van der Waals surface area contributed by atoms with Crippen LogP contribution in [-0.4, -0.2) is 93.5 Å². The minimum Gasteiger partial charge on any atom is -0.756 e. The molecule has 0 radical (unpaired) electrons. The standard InChI is InChI=1S/C14H32O13P2/c1-19-28(15,16)26-13-11-24-9-7-22-5-3-21-4-6-23-8-10-25-12-14-27-29(17,18)20-2/h3-14H2,1-2H3,(H,15,16)(H,17,18)/p-2. The van der Waals surface area contributed by atoms with Crippen molar-refractivity contribution in [2.75, 3.05) is 93.5 Å². The first-order valence-corrected chi connectivity index (χ1v) is 11.7. The Morgan fingerprint density at radius 1 is 0.483 bits per heavy atom. The van der Waals surface area contributed by atoms with E-state index in [1.165, 1.54) is 0 Å². The molecule has 0 amide bonds. The molecular formula is C14H30O13P2-2. The molecule has 0 aromatic heterocycles. The van der Waals surface area contributed by atoms with Crippen LogP contribution in [0.5, 0.6) is 0 Å². The second kappa shape index (κ2) is 18.8. The molecule has 0 aromatic rings. The number of hydrogen-bond donors (Lipinski definition) is 0. The summed E-state index contributed by atoms with van der Waals surface area (Å²) in [6, 6.07) is 0. The van der Waals surface area contributed by atoms with Crippen molar-refractivity contribution in [3.05, 3.63) is 0 Å². The summed E-state index contributed by atoms with van der Waals surface area (Å²) in [7, 11) is -6.35. The molecule has 0 N–H and O–H groups in total. The van der Waals surface area contributed by atoms with Gasteiger partial charge in [-0.1, -0.05) is 0 Å². The summed E-state index contributed by atoms with van der Waals surface area (Å²) in [5, 5.41) is 0. The predicted molar refractivity (Wildman–Crippen MR) is 95.2 cm³/mol. The van der Waals surface area contributed by atoms with Crippen LogP contribution in [-0.2, 0) is 50.9 Å². The predicted octanol–water partition coefficient (Wildman–Crippen LogP) is -0.668. The van der Waals surface area contributed by atoms with Crippen LogP contribution in [0.1, 0.15) is 0 Å². The van der Waals surface area contributed by atoms with Gasteiger partial charge in [-0.2, -0.15) is 0 Å². The van der Waals surface area contributed by atoms with Gasteiger partial charge in [-0.15, -0.1) is 0 Å². The maximum Gasteiger partial charge on any atom is 0.267 e. The number of phosphoric acid groups is 2. The lowest BCUT2D eigenvalue weighted by atomic mass is 10.7. The summed E-state index contributed by atoms with van der Waals surface area (Å²) in [4.78, 5) is 21.7. The SMILES string of the molecule is COP(=O)([O-])OCCOCCOCCOCCOCCOCCOP(=O)([O-])OC. The Balaban J connectivity index is 3.15. The molecule has 0 bridgehead atoms. The van der Waals surface area contributed by atoms with Gasteiger partial charge < -0.3 is 51.6 Å². The van der Waals surface area contributed by atoms with Crippen LogP contribution in [0.25, 0.3) is 0 Å². The summed E-state index contributed by atoms with van der Waals surface area (Å²) >= 11 is 0. The van der Waals surface area contributed by atoms with Gasteiger partial charge in [-0.3, -0.25) is 9.13 Å². The maximum absolute atomic E-state index is 10.9. The molecular weight excluding hydrogens is 438 g/mol. The van der Waals surface area contributed by atoms with Gasteiger partial charge in [0, 0.05) is 14.2 Å². The van der Waals surface area contributed by atoms with E-state index in [0.29, 0.717) is 52.9 Å². The van der Waals surface area contributed by atoms with E-state index < -0.39 is 15.6 Å². The average molecular weight is 468 g/mol. The summed E-state index contributed by atoms with van der Waals surface area (Å²) in [5.41, 5.74) is 0. The summed E-state index contributed by atoms with van der Waals surface area (Å²) in [5.74, 6) is 0. The van der Waals surface area contributed by atoms with Crippen molar-refractivity contribution in [2.24, 2.45) is 0 Å². The molecule has 0 rings (SSSR count). The summed E-state index contributed by atoms with van der Waals surface area (Å²) in [6.07, 6.45) is 0. The lowest BCUT2D eigenvalue weighted by molar-refractivity contribution is -0.225. The molecule has 0 aliphatic heterocycles. The van der Waals surface area contributed by atoms with Crippen molar-refractivity contribution in [2.45, 2.75) is 0 Å². The monoisotopic (exact) mass is 468 g/mol. The number of hydrogen-bond acceptors (Lipinski definition) is 13. The zero-order valence-electron chi connectivity index (χ0n) is 16.7. The number of ether oxygens (including phenoxy) is 5. The van der Waals surface area contributed by atoms with Crippen molar-refractivity contribution in [1.29, 1.82) is 0 Å². The molecule has 176 valence electrons. The van der Waals surface area contributed by atoms with E-state index in [1.807, 2.05) is 0 Å². The van der Waals surface area contributed by atoms with Gasteiger partial charge in [0.05, 0.1) is 79.3 Å². The second-order valence-corrected chi connectivity index (χ2v) is 8.02. The zero-order chi connectivity index (χ0) is 21.8. The molecule has 0 spiro atoms. The van der Waals surface area contributed by atoms with Gasteiger partial charge in [0.15, 0.2) is 0 Å². The molecule has 0 fully saturated rings. The molecule has 0 aliphatic rings. The quantitative estimate of drug-likeness (QED) is 0.145. The highest BCUT2D eigenvalue weighted by Gasteiger charge is 2.05. The van der Waals surface area contributed by atoms with Gasteiger partial charge in [-0.25, -0.2) is 0 Å². The van der Waals surface area contributed by atoms with Gasteiger partial charge in [0.25, 0.3) is 15.6 Å². The minimum absolute atomic E-state index is 0.107. The summed E-state index contributed by atoms with van der Waals surface area (Å²) in [6.45, 7) is 2.80. The molecule has 0 aliphatic carbocycles. The fourth-order valence-corrected chi connectivity index (χ4v) is 2.31. The molecule has 15 heteroatoms. The Morgan fingerprint density at radius 2 is 0.690 bits per heavy atom. The second-order valence-electron chi connectivity index (χ2n) is 4.99. The van der Waals surface area contributed by atoms with E-state index in [9.17, 15) is 18.9 Å². The van der Waals surface area contributed by atoms with E-state index in [2.05, 4.69) is 18.1 Å². The topological polar surface area (TPSA) is 163 Å². The molecule has 2 unspecified atom stereocenters. The highest BCUT2D eigenvalue weighted by atomic mass is 31.2. The van der Waals surface area contributed by atoms with E-state index >= 15 is 0 Å². The van der Waals surface area contributed by atoms with Crippen LogP contribution in [0, 0.1) is 0 Å². The molecule has 0 saturated carbocycles. The molecule has 2 atom stereocenters. The molecule has 0 saturated heterocycles. The van der Waals surface area contributed by atoms with Gasteiger partial charge in [0.2, 0.25) is 0 Å². The minimum atomic E-state index is -4.20. The van der Waals surface area contributed by atoms with Crippen molar-refractivity contribution in [3.63, 3.8) is 0 Å². The van der Waals surface area contributed by atoms with Crippen LogP contribution in [0.3, 0.4) is 0 Å². The van der Waals surface area contributed by atoms with Gasteiger partial charge >= 0.3 is 0 Å². The van der Waals surface area contributed by atoms with E-state index in [1.54, 1.807) is 0 Å². The third-order valence-corrected chi connectivity index (χ3v) is 4.78. The molecule has 13 nitrogen and oxygen atoms in total. The first kappa shape index (κ1) is 29.0. The maximum atomic E-state index is 10.9. The lowest BCUT2D eigenvalue weighted by Gasteiger charge is -2.19. The van der Waals surface area contributed by atoms with Crippen molar-refractivity contribution in [3.8, 4) is 0 Å². The van der Waals surface area contributed by atoms with Crippen molar-refractivity contribution >= 4 is 15.6 Å². The van der Waals surface area contributed by atoms with Crippen LogP contribution >= 0.6 is 15.6 Å². The Bertz CT molecular complexity index is 425. The smallest absolute Gasteiger partial charge is 0.267 e. The van der Waals surface area contributed by atoms with Crippen LogP contribution in [0.15, 0.2) is 0 Å². The van der Waals surface area contributed by atoms with Crippen LogP contribution in [0.4, 0.5) is 0 Å². The molecule has 0 heterocycles. The normalized spacial score (nSPS) is 15.9. The first-order chi connectivity index (χ1) is 13.8. The highest BCUT2D eigenvalue weighted by Crippen LogP contribution is 2.36. The fraction of sp³-hybridized carbons (Fsp3) is 1.00. The average Bonchev–Trinajstić information content (AvgIpc) is 2.69. The largest absolute Gasteiger partial charge is 0.756 e. The van der Waals surface area contributed by atoms with E-state index in [4.69, 9.17) is 23.7 Å². The number of phosphoric ester groups is 2. The third kappa shape index (κ3) is 21.1. The highest BCUT2D eigenvalue weighted by molar-refractivity contribution is 7.46. The van der Waals surface area contributed by atoms with E-state index in [-0.39, 0.29) is 26.4 Å². The van der Waals surface area contributed by atoms with Crippen LogP contribution < -0.4 is 9.79 Å². The molecule has 29 heavy (non-hydrogen) atoms. The lowest BCUT2D eigenvalue weighted by Crippen LogP contribution is -2.15. The third-order valence-electron chi connectivity index (χ3n) is 2.89. The summed E-state index contributed by atoms with van der Waals surface area (Å²) < 4.78 is 64.9. The zero-order valence-corrected chi connectivity index (χ0v) is 18.5. The van der Waals surface area contributed by atoms with Crippen LogP contribution in [0.2, 0.25) is 0 Å². The van der Waals surface area contributed by atoms with Gasteiger partial charge in [-0.05, 0) is 0 Å². The Morgan fingerprint density at radius 3 is 0.897 bits per heavy atom. The van der Waals surface area contributed by atoms with Crippen molar-refractivity contribution < 1.29 is 60.7 Å². The number of rotatable bonds is 22. The Kier molecular flexibility index (Phi) is 18.8. The van der Waals surface area contributed by atoms with E-state index in [0.717, 1.165) is 14.2 Å². The first-order valence-electron chi connectivity index (χ1n) is 8.74. The Hall–Kier alpha value is 0.0200. The Labute approximate surface area is 170 Å². The van der Waals surface area contributed by atoms with Crippen molar-refractivity contribution in [1.82, 2.24) is 0 Å². The molecule has 0 aromatic carbocycles. The van der Waals surface area contributed by atoms with Gasteiger partial charge in [0.1, 0.15) is 0 Å². The fourth-order valence-electron chi connectivity index (χ4n) is 1.50.